The van der Waals surface area contributed by atoms with Gasteiger partial charge in [0, 0.05) is 30.3 Å². The number of alkyl halides is 1. The number of β-amino-alcohol motifs (C(OH)–C–C–N with tert-alkyl or cyclic N) is 1. The van der Waals surface area contributed by atoms with Gasteiger partial charge in [0.15, 0.2) is 5.82 Å². The molecule has 3 aliphatic rings. The summed E-state index contributed by atoms with van der Waals surface area (Å²) in [6.07, 6.45) is 0.940. The number of nitrogens with zero attached hydrogens (tertiary/aromatic N) is 5. The minimum atomic E-state index is -1.29. The van der Waals surface area contributed by atoms with E-state index in [4.69, 9.17) is 15.2 Å². The highest BCUT2D eigenvalue weighted by Crippen LogP contribution is 2.45. The number of aromatic nitrogens is 2. The summed E-state index contributed by atoms with van der Waals surface area (Å²) in [6, 6.07) is 5.11. The zero-order valence-electron chi connectivity index (χ0n) is 24.4. The van der Waals surface area contributed by atoms with Gasteiger partial charge >= 0.3 is 6.01 Å². The SMILES string of the molecule is C[C@@]1(O)COCCN(c2nc(OC[C@@]34CCCN3C[C@H](F)C4)nc3c(F)c(-c4ccc(F)c5sc(N)c(C#N)c45)c(F)cc23)C1. The third-order valence-corrected chi connectivity index (χ3v) is 10.0. The number of nitriles is 1. The molecular formula is C31H30F4N6O3S. The van der Waals surface area contributed by atoms with Crippen LogP contribution in [-0.4, -0.2) is 83.3 Å². The van der Waals surface area contributed by atoms with E-state index in [-0.39, 0.29) is 81.9 Å². The molecule has 14 heteroatoms. The molecule has 45 heavy (non-hydrogen) atoms. The van der Waals surface area contributed by atoms with Crippen molar-refractivity contribution in [1.82, 2.24) is 14.9 Å². The maximum atomic E-state index is 16.7. The van der Waals surface area contributed by atoms with Crippen molar-refractivity contribution in [2.24, 2.45) is 0 Å². The fourth-order valence-corrected chi connectivity index (χ4v) is 8.00. The number of benzene rings is 2. The standard InChI is InChI=1S/C31H30F4N6O3S/c1-30(42)13-40(7-8-43-14-30)28-18-9-21(34)23(17-3-4-20(33)26-22(17)19(11-36)27(37)45-26)24(35)25(18)38-29(39-28)44-15-31-5-2-6-41(31)12-16(32)10-31/h3-4,9,16,42H,2,5-8,10,12-15,37H2,1H3/t16-,30+,31+/m1/s1. The van der Waals surface area contributed by atoms with E-state index in [0.717, 1.165) is 42.9 Å². The van der Waals surface area contributed by atoms with Crippen molar-refractivity contribution < 1.29 is 32.1 Å². The van der Waals surface area contributed by atoms with Crippen molar-refractivity contribution in [3.63, 3.8) is 0 Å². The molecule has 3 saturated heterocycles. The first-order valence-electron chi connectivity index (χ1n) is 14.7. The lowest BCUT2D eigenvalue weighted by molar-refractivity contribution is -0.0123. The molecule has 0 aliphatic carbocycles. The Bertz CT molecular complexity index is 1880. The fraction of sp³-hybridized carbons (Fsp3) is 0.452. The second-order valence-corrected chi connectivity index (χ2v) is 13.4. The average molecular weight is 643 g/mol. The molecule has 2 aromatic heterocycles. The maximum Gasteiger partial charge on any atom is 0.319 e. The first-order chi connectivity index (χ1) is 21.5. The second-order valence-electron chi connectivity index (χ2n) is 12.4. The molecule has 5 heterocycles. The van der Waals surface area contributed by atoms with Gasteiger partial charge in [-0.15, -0.1) is 11.3 Å². The molecule has 3 N–H and O–H groups in total. The van der Waals surface area contributed by atoms with E-state index < -0.39 is 40.3 Å². The van der Waals surface area contributed by atoms with Crippen LogP contribution in [0.1, 0.15) is 31.7 Å². The third-order valence-electron chi connectivity index (χ3n) is 9.02. The first kappa shape index (κ1) is 29.9. The number of hydrogen-bond acceptors (Lipinski definition) is 10. The summed E-state index contributed by atoms with van der Waals surface area (Å²) in [6.45, 7) is 3.31. The van der Waals surface area contributed by atoms with E-state index in [9.17, 15) is 19.1 Å². The molecular weight excluding hydrogens is 612 g/mol. The van der Waals surface area contributed by atoms with E-state index in [1.54, 1.807) is 11.8 Å². The monoisotopic (exact) mass is 642 g/mol. The van der Waals surface area contributed by atoms with Crippen LogP contribution in [0.5, 0.6) is 6.01 Å². The van der Waals surface area contributed by atoms with Crippen molar-refractivity contribution in [3.05, 3.63) is 41.2 Å². The van der Waals surface area contributed by atoms with Crippen molar-refractivity contribution in [2.45, 2.75) is 43.5 Å². The highest BCUT2D eigenvalue weighted by molar-refractivity contribution is 7.23. The predicted molar refractivity (Wildman–Crippen MR) is 162 cm³/mol. The summed E-state index contributed by atoms with van der Waals surface area (Å²) < 4.78 is 73.6. The van der Waals surface area contributed by atoms with Crippen LogP contribution in [-0.2, 0) is 4.74 Å². The molecule has 0 bridgehead atoms. The third kappa shape index (κ3) is 5.02. The van der Waals surface area contributed by atoms with Gasteiger partial charge in [-0.25, -0.2) is 17.6 Å². The van der Waals surface area contributed by atoms with Crippen molar-refractivity contribution in [1.29, 1.82) is 5.26 Å². The second kappa shape index (κ2) is 10.9. The van der Waals surface area contributed by atoms with Crippen LogP contribution in [0.15, 0.2) is 18.2 Å². The number of thiophene rings is 1. The molecule has 0 amide bonds. The smallest absolute Gasteiger partial charge is 0.319 e. The highest BCUT2D eigenvalue weighted by Gasteiger charge is 2.49. The summed E-state index contributed by atoms with van der Waals surface area (Å²) in [4.78, 5) is 12.7. The number of rotatable bonds is 5. The number of aliphatic hydroxyl groups is 1. The number of nitrogens with two attached hydrogens (primary N) is 1. The molecule has 0 unspecified atom stereocenters. The summed E-state index contributed by atoms with van der Waals surface area (Å²) >= 11 is 0.822. The van der Waals surface area contributed by atoms with Crippen LogP contribution in [0.2, 0.25) is 0 Å². The number of fused-ring (bicyclic) bond motifs is 3. The number of ether oxygens (including phenoxy) is 2. The van der Waals surface area contributed by atoms with Crippen molar-refractivity contribution in [2.75, 3.05) is 56.6 Å². The van der Waals surface area contributed by atoms with Gasteiger partial charge < -0.3 is 25.2 Å². The molecule has 3 fully saturated rings. The molecule has 0 saturated carbocycles. The average Bonchev–Trinajstić information content (AvgIpc) is 3.59. The predicted octanol–water partition coefficient (Wildman–Crippen LogP) is 4.93. The molecule has 0 spiro atoms. The van der Waals surface area contributed by atoms with Crippen LogP contribution >= 0.6 is 11.3 Å². The summed E-state index contributed by atoms with van der Waals surface area (Å²) in [5, 5.41) is 20.7. The Morgan fingerprint density at radius 1 is 1.24 bits per heavy atom. The van der Waals surface area contributed by atoms with Crippen molar-refractivity contribution in [3.8, 4) is 23.2 Å². The molecule has 0 radical (unpaired) electrons. The summed E-state index contributed by atoms with van der Waals surface area (Å²) in [5.74, 6) is -2.60. The van der Waals surface area contributed by atoms with E-state index in [2.05, 4.69) is 14.9 Å². The minimum absolute atomic E-state index is 0.00255. The van der Waals surface area contributed by atoms with Crippen molar-refractivity contribution >= 4 is 43.1 Å². The molecule has 4 aromatic rings. The van der Waals surface area contributed by atoms with Crippen LogP contribution < -0.4 is 15.4 Å². The minimum Gasteiger partial charge on any atom is -0.461 e. The van der Waals surface area contributed by atoms with Gasteiger partial charge in [-0.2, -0.15) is 15.2 Å². The fourth-order valence-electron chi connectivity index (χ4n) is 7.05. The van der Waals surface area contributed by atoms with Gasteiger partial charge in [-0.05, 0) is 44.0 Å². The molecule has 3 atom stereocenters. The number of nitrogen functional groups attached to an aromatic ring is 1. The van der Waals surface area contributed by atoms with Crippen LogP contribution in [0, 0.1) is 28.8 Å². The van der Waals surface area contributed by atoms with Gasteiger partial charge in [0.1, 0.15) is 52.4 Å². The van der Waals surface area contributed by atoms with Gasteiger partial charge in [0.25, 0.3) is 0 Å². The Labute approximate surface area is 259 Å². The Balaban J connectivity index is 1.41. The Morgan fingerprint density at radius 2 is 2.07 bits per heavy atom. The Morgan fingerprint density at radius 3 is 2.87 bits per heavy atom. The summed E-state index contributed by atoms with van der Waals surface area (Å²) in [5.41, 5.74) is 3.24. The number of halogens is 4. The van der Waals surface area contributed by atoms with E-state index in [1.165, 1.54) is 6.07 Å². The quantitative estimate of drug-likeness (QED) is 0.292. The van der Waals surface area contributed by atoms with Crippen LogP contribution in [0.4, 0.5) is 28.4 Å². The zero-order valence-corrected chi connectivity index (χ0v) is 25.2. The molecule has 3 aliphatic heterocycles. The zero-order chi connectivity index (χ0) is 31.7. The Hall–Kier alpha value is -3.77. The summed E-state index contributed by atoms with van der Waals surface area (Å²) in [7, 11) is 0. The largest absolute Gasteiger partial charge is 0.461 e. The van der Waals surface area contributed by atoms with Gasteiger partial charge in [-0.1, -0.05) is 6.07 Å². The van der Waals surface area contributed by atoms with Gasteiger partial charge in [0.2, 0.25) is 0 Å². The first-order valence-corrected chi connectivity index (χ1v) is 15.5. The lowest BCUT2D eigenvalue weighted by Gasteiger charge is -2.31. The topological polar surface area (TPSA) is 121 Å². The van der Waals surface area contributed by atoms with E-state index >= 15 is 8.78 Å². The van der Waals surface area contributed by atoms with E-state index in [1.807, 2.05) is 6.07 Å². The molecule has 2 aromatic carbocycles. The van der Waals surface area contributed by atoms with Gasteiger partial charge in [-0.3, -0.25) is 4.90 Å². The molecule has 236 valence electrons. The van der Waals surface area contributed by atoms with Crippen LogP contribution in [0.25, 0.3) is 32.1 Å². The number of anilines is 2. The van der Waals surface area contributed by atoms with Crippen LogP contribution in [0.3, 0.4) is 0 Å². The van der Waals surface area contributed by atoms with E-state index in [0.29, 0.717) is 13.0 Å². The Kier molecular flexibility index (Phi) is 7.27. The lowest BCUT2D eigenvalue weighted by atomic mass is 9.95. The lowest BCUT2D eigenvalue weighted by Crippen LogP contribution is -2.44. The van der Waals surface area contributed by atoms with Gasteiger partial charge in [0.05, 0.1) is 41.1 Å². The maximum absolute atomic E-state index is 16.7. The normalized spacial score (nSPS) is 25.5. The molecule has 7 rings (SSSR count). The number of hydrogen-bond donors (Lipinski definition) is 2. The molecule has 9 nitrogen and oxygen atoms in total. The highest BCUT2D eigenvalue weighted by atomic mass is 32.1.